The largest absolute Gasteiger partial charge is 0.0897 e. The van der Waals surface area contributed by atoms with Crippen molar-refractivity contribution < 1.29 is 0 Å². The lowest BCUT2D eigenvalue weighted by atomic mass is 10.1. The molecule has 0 aromatic heterocycles. The predicted molar refractivity (Wildman–Crippen MR) is 119 cm³/mol. The second-order valence-electron chi connectivity index (χ2n) is 7.89. The van der Waals surface area contributed by atoms with Gasteiger partial charge in [-0.25, -0.2) is 0 Å². The van der Waals surface area contributed by atoms with E-state index in [1.54, 1.807) is 10.6 Å². The summed E-state index contributed by atoms with van der Waals surface area (Å²) in [6.45, 7) is 9.34. The molecule has 0 nitrogen and oxygen atoms in total. The summed E-state index contributed by atoms with van der Waals surface area (Å²) in [7, 11) is 2.05. The maximum Gasteiger partial charge on any atom is -0.0198 e. The third-order valence-electron chi connectivity index (χ3n) is 4.47. The molecule has 24 heavy (non-hydrogen) atoms. The molecule has 0 amide bonds. The Labute approximate surface area is 155 Å². The first kappa shape index (κ1) is 22.1. The van der Waals surface area contributed by atoms with Crippen LogP contribution in [0.25, 0.3) is 0 Å². The molecule has 0 saturated carbocycles. The van der Waals surface area contributed by atoms with Crippen molar-refractivity contribution in [3.8, 4) is 0 Å². The number of unbranched alkanes of at least 4 members (excludes halogenated alkanes) is 4. The first-order chi connectivity index (χ1) is 11.6. The van der Waals surface area contributed by atoms with Crippen LogP contribution >= 0.6 is 17.2 Å². The van der Waals surface area contributed by atoms with E-state index in [1.807, 2.05) is 0 Å². The molecular weight excluding hydrogens is 326 g/mol. The summed E-state index contributed by atoms with van der Waals surface area (Å²) in [4.78, 5) is 0. The average molecular weight is 367 g/mol. The van der Waals surface area contributed by atoms with Crippen molar-refractivity contribution in [2.24, 2.45) is 11.8 Å². The molecule has 0 radical (unpaired) electrons. The van der Waals surface area contributed by atoms with E-state index in [0.29, 0.717) is 0 Å². The van der Waals surface area contributed by atoms with Crippen LogP contribution in [0.2, 0.25) is 0 Å². The molecule has 138 valence electrons. The van der Waals surface area contributed by atoms with E-state index in [-0.39, 0.29) is 0 Å². The molecule has 2 heteroatoms. The third-order valence-corrected chi connectivity index (χ3v) is 7.57. The highest BCUT2D eigenvalue weighted by Gasteiger charge is 2.02. The van der Waals surface area contributed by atoms with Gasteiger partial charge in [-0.15, -0.1) is 0 Å². The summed E-state index contributed by atoms with van der Waals surface area (Å²) in [5.74, 6) is 1.74. The van der Waals surface area contributed by atoms with Gasteiger partial charge >= 0.3 is 0 Å². The molecule has 2 atom stereocenters. The molecule has 0 aliphatic rings. The van der Waals surface area contributed by atoms with Gasteiger partial charge in [0.2, 0.25) is 0 Å². The van der Waals surface area contributed by atoms with E-state index in [9.17, 15) is 0 Å². The van der Waals surface area contributed by atoms with Gasteiger partial charge in [0.1, 0.15) is 0 Å². The Balaban J connectivity index is 2.19. The van der Waals surface area contributed by atoms with Gasteiger partial charge in [0.05, 0.1) is 0 Å². The summed E-state index contributed by atoms with van der Waals surface area (Å²) in [5.41, 5.74) is 0. The Morgan fingerprint density at radius 1 is 0.625 bits per heavy atom. The zero-order chi connectivity index (χ0) is 17.6. The van der Waals surface area contributed by atoms with Crippen molar-refractivity contribution in [2.45, 2.75) is 79.1 Å². The van der Waals surface area contributed by atoms with E-state index < -0.39 is 0 Å². The van der Waals surface area contributed by atoms with E-state index in [4.69, 9.17) is 0 Å². The lowest BCUT2D eigenvalue weighted by molar-refractivity contribution is 0.535. The standard InChI is InChI=1S/C22H40P2/c1-19(2)13-7-5-11-17-23-21-15-9-10-16-22(21)24-18-12-6-8-14-20(3)4/h9-10,15-16,19-20,23-24H,5-8,11-14,17-18H2,1-4H3. The van der Waals surface area contributed by atoms with E-state index in [0.717, 1.165) is 29.0 Å². The summed E-state index contributed by atoms with van der Waals surface area (Å²) in [5, 5.41) is 3.31. The van der Waals surface area contributed by atoms with E-state index >= 15 is 0 Å². The van der Waals surface area contributed by atoms with Crippen LogP contribution in [0, 0.1) is 11.8 Å². The number of benzene rings is 1. The van der Waals surface area contributed by atoms with E-state index in [1.165, 1.54) is 63.7 Å². The maximum absolute atomic E-state index is 2.38. The number of rotatable bonds is 14. The Morgan fingerprint density at radius 2 is 1.04 bits per heavy atom. The lowest BCUT2D eigenvalue weighted by Crippen LogP contribution is -2.15. The van der Waals surface area contributed by atoms with Crippen LogP contribution in [0.1, 0.15) is 79.1 Å². The molecular formula is C22H40P2. The second-order valence-corrected chi connectivity index (χ2v) is 10.7. The first-order valence-corrected chi connectivity index (χ1v) is 12.6. The van der Waals surface area contributed by atoms with Crippen molar-refractivity contribution in [3.63, 3.8) is 0 Å². The highest BCUT2D eigenvalue weighted by Crippen LogP contribution is 2.20. The first-order valence-electron chi connectivity index (χ1n) is 10.2. The summed E-state index contributed by atoms with van der Waals surface area (Å²) >= 11 is 0. The minimum atomic E-state index is 0.870. The number of hydrogen-bond acceptors (Lipinski definition) is 0. The van der Waals surface area contributed by atoms with Crippen LogP contribution in [0.15, 0.2) is 24.3 Å². The van der Waals surface area contributed by atoms with Crippen molar-refractivity contribution in [2.75, 3.05) is 12.3 Å². The molecule has 1 rings (SSSR count). The van der Waals surface area contributed by atoms with Gasteiger partial charge in [0, 0.05) is 0 Å². The maximum atomic E-state index is 2.38. The fraction of sp³-hybridized carbons (Fsp3) is 0.727. The third kappa shape index (κ3) is 11.6. The molecule has 0 heterocycles. The minimum absolute atomic E-state index is 0.870. The van der Waals surface area contributed by atoms with Crippen LogP contribution in [-0.4, -0.2) is 12.3 Å². The van der Waals surface area contributed by atoms with Gasteiger partial charge in [0.25, 0.3) is 0 Å². The van der Waals surface area contributed by atoms with Gasteiger partial charge in [-0.1, -0.05) is 108 Å². The van der Waals surface area contributed by atoms with Crippen LogP contribution in [-0.2, 0) is 0 Å². The normalized spacial score (nSPS) is 12.6. The number of hydrogen-bond donors (Lipinski definition) is 0. The highest BCUT2D eigenvalue weighted by atomic mass is 31.1. The lowest BCUT2D eigenvalue weighted by Gasteiger charge is -2.10. The molecule has 0 N–H and O–H groups in total. The molecule has 1 aromatic carbocycles. The van der Waals surface area contributed by atoms with Crippen molar-refractivity contribution in [3.05, 3.63) is 24.3 Å². The molecule has 0 spiro atoms. The van der Waals surface area contributed by atoms with Gasteiger partial charge < -0.3 is 0 Å². The van der Waals surface area contributed by atoms with Gasteiger partial charge in [-0.2, -0.15) is 0 Å². The smallest absolute Gasteiger partial charge is 0.0198 e. The molecule has 0 saturated heterocycles. The van der Waals surface area contributed by atoms with Crippen LogP contribution in [0.4, 0.5) is 0 Å². The van der Waals surface area contributed by atoms with Gasteiger partial charge in [-0.3, -0.25) is 0 Å². The molecule has 2 unspecified atom stereocenters. The Bertz CT molecular complexity index is 373. The zero-order valence-corrected chi connectivity index (χ0v) is 18.5. The summed E-state index contributed by atoms with van der Waals surface area (Å²) in [6, 6.07) is 9.23. The quantitative estimate of drug-likeness (QED) is 0.253. The van der Waals surface area contributed by atoms with Crippen molar-refractivity contribution in [1.82, 2.24) is 0 Å². The molecule has 1 aromatic rings. The highest BCUT2D eigenvalue weighted by molar-refractivity contribution is 7.54. The fourth-order valence-electron chi connectivity index (χ4n) is 2.95. The summed E-state index contributed by atoms with van der Waals surface area (Å²) in [6.07, 6.45) is 14.1. The second kappa shape index (κ2) is 14.3. The van der Waals surface area contributed by atoms with Crippen LogP contribution in [0.3, 0.4) is 0 Å². The molecule has 0 bridgehead atoms. The van der Waals surface area contributed by atoms with Gasteiger partial charge in [0.15, 0.2) is 0 Å². The SMILES string of the molecule is CC(C)CCCCCPc1ccccc1PCCCCCC(C)C. The Hall–Kier alpha value is 0.0800. The predicted octanol–water partition coefficient (Wildman–Crippen LogP) is 6.73. The van der Waals surface area contributed by atoms with Crippen LogP contribution in [0.5, 0.6) is 0 Å². The monoisotopic (exact) mass is 366 g/mol. The average Bonchev–Trinajstić information content (AvgIpc) is 2.54. The molecule has 0 fully saturated rings. The van der Waals surface area contributed by atoms with Crippen LogP contribution < -0.4 is 10.6 Å². The molecule has 0 aliphatic carbocycles. The summed E-state index contributed by atoms with van der Waals surface area (Å²) < 4.78 is 0. The van der Waals surface area contributed by atoms with E-state index in [2.05, 4.69) is 52.0 Å². The minimum Gasteiger partial charge on any atom is -0.0897 e. The Morgan fingerprint density at radius 3 is 1.42 bits per heavy atom. The van der Waals surface area contributed by atoms with Gasteiger partial charge in [-0.05, 0) is 47.6 Å². The van der Waals surface area contributed by atoms with Crippen molar-refractivity contribution >= 4 is 27.8 Å². The Kier molecular flexibility index (Phi) is 13.2. The fourth-order valence-corrected chi connectivity index (χ4v) is 5.84. The van der Waals surface area contributed by atoms with Crippen molar-refractivity contribution in [1.29, 1.82) is 0 Å². The zero-order valence-electron chi connectivity index (χ0n) is 16.5. The molecule has 0 aliphatic heterocycles. The topological polar surface area (TPSA) is 0 Å².